The summed E-state index contributed by atoms with van der Waals surface area (Å²) in [6.45, 7) is 7.25. The fourth-order valence-electron chi connectivity index (χ4n) is 2.69. The highest BCUT2D eigenvalue weighted by molar-refractivity contribution is 5.68. The van der Waals surface area contributed by atoms with Crippen LogP contribution in [-0.4, -0.2) is 53.3 Å². The van der Waals surface area contributed by atoms with Crippen LogP contribution in [0.3, 0.4) is 0 Å². The van der Waals surface area contributed by atoms with Gasteiger partial charge < -0.3 is 19.5 Å². The zero-order valence-corrected chi connectivity index (χ0v) is 17.7. The van der Waals surface area contributed by atoms with Gasteiger partial charge in [0.05, 0.1) is 5.41 Å². The molecule has 29 heavy (non-hydrogen) atoms. The van der Waals surface area contributed by atoms with Gasteiger partial charge in [0.2, 0.25) is 0 Å². The maximum absolute atomic E-state index is 13.6. The molecule has 1 atom stereocenters. The van der Waals surface area contributed by atoms with Crippen molar-refractivity contribution in [3.8, 4) is 0 Å². The number of carbonyl (C=O) groups is 2. The maximum atomic E-state index is 13.6. The third-order valence-electron chi connectivity index (χ3n) is 4.49. The number of nitrogens with zero attached hydrogens (tertiary/aromatic N) is 1. The minimum Gasteiger partial charge on any atom is -0.461 e. The molecule has 1 amide bonds. The van der Waals surface area contributed by atoms with Crippen molar-refractivity contribution in [1.29, 1.82) is 0 Å². The molecule has 1 aromatic carbocycles. The molecule has 1 aliphatic rings. The molecule has 1 saturated heterocycles. The number of ether oxygens (including phenoxy) is 2. The van der Waals surface area contributed by atoms with Crippen LogP contribution >= 0.6 is 0 Å². The number of carbonyl (C=O) groups excluding carboxylic acids is 2. The Hall–Kier alpha value is -2.22. The number of aliphatic hydroxyl groups is 1. The summed E-state index contributed by atoms with van der Waals surface area (Å²) in [5, 5.41) is 8.75. The van der Waals surface area contributed by atoms with E-state index in [9.17, 15) is 18.4 Å². The summed E-state index contributed by atoms with van der Waals surface area (Å²) in [5.74, 6) is -3.43. The minimum absolute atomic E-state index is 0.102. The Morgan fingerprint density at radius 3 is 2.28 bits per heavy atom. The van der Waals surface area contributed by atoms with Crippen LogP contribution in [0.4, 0.5) is 13.6 Å². The number of likely N-dealkylation sites (tertiary alicyclic amines) is 1. The van der Waals surface area contributed by atoms with Gasteiger partial charge >= 0.3 is 12.1 Å². The fourth-order valence-corrected chi connectivity index (χ4v) is 2.69. The molecule has 0 radical (unpaired) electrons. The summed E-state index contributed by atoms with van der Waals surface area (Å²) in [6, 6.07) is 9.60. The molecule has 164 valence electrons. The molecule has 1 N–H and O–H groups in total. The predicted octanol–water partition coefficient (Wildman–Crippen LogP) is 4.01. The third-order valence-corrected chi connectivity index (χ3v) is 4.49. The molecule has 0 aliphatic carbocycles. The van der Waals surface area contributed by atoms with Crippen LogP contribution in [0.15, 0.2) is 30.3 Å². The first-order valence-corrected chi connectivity index (χ1v) is 9.43. The first-order chi connectivity index (χ1) is 13.3. The number of benzene rings is 1. The summed E-state index contributed by atoms with van der Waals surface area (Å²) in [6.07, 6.45) is -0.431. The van der Waals surface area contributed by atoms with Crippen molar-refractivity contribution >= 4 is 12.1 Å². The molecule has 0 saturated carbocycles. The smallest absolute Gasteiger partial charge is 0.410 e. The van der Waals surface area contributed by atoms with Crippen molar-refractivity contribution in [1.82, 2.24) is 4.90 Å². The fraction of sp³-hybridized carbons (Fsp3) is 0.619. The summed E-state index contributed by atoms with van der Waals surface area (Å²) in [4.78, 5) is 23.4. The van der Waals surface area contributed by atoms with Crippen LogP contribution in [0.25, 0.3) is 0 Å². The Morgan fingerprint density at radius 1 is 1.21 bits per heavy atom. The van der Waals surface area contributed by atoms with Gasteiger partial charge in [-0.2, -0.15) is 0 Å². The van der Waals surface area contributed by atoms with Gasteiger partial charge in [0.25, 0.3) is 5.92 Å². The van der Waals surface area contributed by atoms with Crippen molar-refractivity contribution in [3.05, 3.63) is 35.9 Å². The van der Waals surface area contributed by atoms with Crippen LogP contribution in [0.2, 0.25) is 0 Å². The Labute approximate surface area is 170 Å². The summed E-state index contributed by atoms with van der Waals surface area (Å²) < 4.78 is 37.1. The van der Waals surface area contributed by atoms with Crippen molar-refractivity contribution in [2.75, 3.05) is 19.7 Å². The lowest BCUT2D eigenvalue weighted by atomic mass is 9.83. The molecule has 1 aromatic rings. The van der Waals surface area contributed by atoms with E-state index in [0.29, 0.717) is 6.61 Å². The quantitative estimate of drug-likeness (QED) is 0.752. The van der Waals surface area contributed by atoms with Crippen LogP contribution in [0, 0.1) is 5.41 Å². The lowest BCUT2D eigenvalue weighted by Crippen LogP contribution is -2.45. The van der Waals surface area contributed by atoms with Crippen molar-refractivity contribution in [2.24, 2.45) is 5.41 Å². The maximum Gasteiger partial charge on any atom is 0.410 e. The number of amides is 1. The van der Waals surface area contributed by atoms with Crippen molar-refractivity contribution in [3.63, 3.8) is 0 Å². The zero-order valence-electron chi connectivity index (χ0n) is 17.7. The highest BCUT2D eigenvalue weighted by Gasteiger charge is 2.54. The van der Waals surface area contributed by atoms with E-state index < -0.39 is 29.6 Å². The standard InChI is InChI=1S/C12H21F2NO3.C9H10O2/c1-10(2,3)18-9(17)15-6-5-11(4,7-15)12(13,14)8-16;1-8(10)11-7-9-5-3-2-4-6-9/h16H,5-8H2,1-4H3;2-6H,7H2,1H3. The minimum atomic E-state index is -3.19. The molecule has 8 heteroatoms. The first-order valence-electron chi connectivity index (χ1n) is 9.43. The van der Waals surface area contributed by atoms with E-state index in [4.69, 9.17) is 14.6 Å². The molecular formula is C21H31F2NO5. The van der Waals surface area contributed by atoms with Crippen molar-refractivity contribution < 1.29 is 33.0 Å². The number of alkyl halides is 2. The van der Waals surface area contributed by atoms with E-state index in [1.54, 1.807) is 20.8 Å². The largest absolute Gasteiger partial charge is 0.461 e. The topological polar surface area (TPSA) is 76.1 Å². The second-order valence-corrected chi connectivity index (χ2v) is 8.34. The Bertz CT molecular complexity index is 675. The lowest BCUT2D eigenvalue weighted by Gasteiger charge is -2.32. The van der Waals surface area contributed by atoms with E-state index in [1.807, 2.05) is 30.3 Å². The third kappa shape index (κ3) is 7.97. The van der Waals surface area contributed by atoms with Crippen LogP contribution in [0.1, 0.15) is 46.6 Å². The van der Waals surface area contributed by atoms with Gasteiger partial charge in [0.1, 0.15) is 18.8 Å². The second kappa shape index (κ2) is 10.0. The first kappa shape index (κ1) is 24.8. The van der Waals surface area contributed by atoms with Gasteiger partial charge in [-0.3, -0.25) is 4.79 Å². The lowest BCUT2D eigenvalue weighted by molar-refractivity contribution is -0.142. The normalized spacial score (nSPS) is 19.2. The number of hydrogen-bond donors (Lipinski definition) is 1. The van der Waals surface area contributed by atoms with Gasteiger partial charge in [0, 0.05) is 20.0 Å². The van der Waals surface area contributed by atoms with E-state index in [1.165, 1.54) is 18.7 Å². The molecule has 6 nitrogen and oxygen atoms in total. The van der Waals surface area contributed by atoms with Crippen LogP contribution in [-0.2, 0) is 20.9 Å². The van der Waals surface area contributed by atoms with E-state index >= 15 is 0 Å². The molecular weight excluding hydrogens is 384 g/mol. The molecule has 2 rings (SSSR count). The molecule has 1 fully saturated rings. The Morgan fingerprint density at radius 2 is 1.79 bits per heavy atom. The molecule has 1 unspecified atom stereocenters. The number of hydrogen-bond acceptors (Lipinski definition) is 5. The summed E-state index contributed by atoms with van der Waals surface area (Å²) in [7, 11) is 0. The van der Waals surface area contributed by atoms with Gasteiger partial charge in [-0.05, 0) is 32.8 Å². The SMILES string of the molecule is CC(=O)OCc1ccccc1.CC(C)(C)OC(=O)N1CCC(C)(C(F)(F)CO)C1. The molecule has 0 spiro atoms. The average molecular weight is 415 g/mol. The van der Waals surface area contributed by atoms with E-state index in [2.05, 4.69) is 0 Å². The number of esters is 1. The molecule has 1 aliphatic heterocycles. The second-order valence-electron chi connectivity index (χ2n) is 8.34. The number of aliphatic hydroxyl groups excluding tert-OH is 1. The molecule has 1 heterocycles. The summed E-state index contributed by atoms with van der Waals surface area (Å²) >= 11 is 0. The van der Waals surface area contributed by atoms with Gasteiger partial charge in [-0.25, -0.2) is 13.6 Å². The average Bonchev–Trinajstić information content (AvgIpc) is 3.04. The highest BCUT2D eigenvalue weighted by Crippen LogP contribution is 2.43. The summed E-state index contributed by atoms with van der Waals surface area (Å²) in [5.41, 5.74) is -1.02. The molecule has 0 bridgehead atoms. The van der Waals surface area contributed by atoms with Gasteiger partial charge in [-0.1, -0.05) is 37.3 Å². The predicted molar refractivity (Wildman–Crippen MR) is 104 cm³/mol. The Kier molecular flexibility index (Phi) is 8.56. The Balaban J connectivity index is 0.000000326. The van der Waals surface area contributed by atoms with Crippen LogP contribution < -0.4 is 0 Å². The van der Waals surface area contributed by atoms with Gasteiger partial charge in [0.15, 0.2) is 0 Å². The highest BCUT2D eigenvalue weighted by atomic mass is 19.3. The van der Waals surface area contributed by atoms with Gasteiger partial charge in [-0.15, -0.1) is 0 Å². The monoisotopic (exact) mass is 415 g/mol. The van der Waals surface area contributed by atoms with E-state index in [0.717, 1.165) is 5.56 Å². The zero-order chi connectivity index (χ0) is 22.3. The van der Waals surface area contributed by atoms with Crippen LogP contribution in [0.5, 0.6) is 0 Å². The number of rotatable bonds is 4. The van der Waals surface area contributed by atoms with E-state index in [-0.39, 0.29) is 25.5 Å². The molecule has 0 aromatic heterocycles. The van der Waals surface area contributed by atoms with Crippen molar-refractivity contribution in [2.45, 2.75) is 59.2 Å². The number of halogens is 2.